The van der Waals surface area contributed by atoms with Gasteiger partial charge in [-0.05, 0) is 46.9 Å². The van der Waals surface area contributed by atoms with Gasteiger partial charge in [0, 0.05) is 9.26 Å². The van der Waals surface area contributed by atoms with E-state index in [1.54, 1.807) is 24.3 Å². The Bertz CT molecular complexity index is 737. The molecule has 21 heavy (non-hydrogen) atoms. The highest BCUT2D eigenvalue weighted by atomic mass is 127. The smallest absolute Gasteiger partial charge is 0.307 e. The zero-order chi connectivity index (χ0) is 15.6. The van der Waals surface area contributed by atoms with Crippen LogP contribution in [0.4, 0.5) is 20.2 Å². The van der Waals surface area contributed by atoms with E-state index in [4.69, 9.17) is 0 Å². The maximum absolute atomic E-state index is 13.7. The van der Waals surface area contributed by atoms with Gasteiger partial charge < -0.3 is 5.32 Å². The lowest BCUT2D eigenvalue weighted by Gasteiger charge is -2.07. The first-order chi connectivity index (χ1) is 9.88. The van der Waals surface area contributed by atoms with Crippen molar-refractivity contribution in [2.75, 3.05) is 5.32 Å². The highest BCUT2D eigenvalue weighted by Crippen LogP contribution is 2.22. The van der Waals surface area contributed by atoms with Gasteiger partial charge in [-0.15, -0.1) is 0 Å². The zero-order valence-electron chi connectivity index (χ0n) is 10.3. The average Bonchev–Trinajstić information content (AvgIpc) is 2.40. The number of nitro groups is 1. The van der Waals surface area contributed by atoms with Gasteiger partial charge >= 0.3 is 5.69 Å². The Balaban J connectivity index is 2.31. The van der Waals surface area contributed by atoms with Crippen molar-refractivity contribution in [2.45, 2.75) is 0 Å². The summed E-state index contributed by atoms with van der Waals surface area (Å²) in [4.78, 5) is 21.3. The summed E-state index contributed by atoms with van der Waals surface area (Å²) in [5.74, 6) is -3.32. The van der Waals surface area contributed by atoms with Gasteiger partial charge in [-0.2, -0.15) is 4.39 Å². The molecule has 0 aliphatic heterocycles. The Hall–Kier alpha value is -2.10. The van der Waals surface area contributed by atoms with Crippen molar-refractivity contribution in [1.29, 1.82) is 0 Å². The third-order valence-electron chi connectivity index (χ3n) is 2.56. The van der Waals surface area contributed by atoms with Crippen LogP contribution in [0.1, 0.15) is 10.4 Å². The number of hydrogen-bond acceptors (Lipinski definition) is 3. The third-order valence-corrected chi connectivity index (χ3v) is 3.23. The number of carbonyl (C=O) groups is 1. The summed E-state index contributed by atoms with van der Waals surface area (Å²) in [6, 6.07) is 7.60. The highest BCUT2D eigenvalue weighted by Gasteiger charge is 2.22. The van der Waals surface area contributed by atoms with Crippen LogP contribution in [-0.2, 0) is 0 Å². The van der Waals surface area contributed by atoms with Crippen molar-refractivity contribution < 1.29 is 18.5 Å². The van der Waals surface area contributed by atoms with Crippen molar-refractivity contribution in [3.8, 4) is 0 Å². The van der Waals surface area contributed by atoms with Gasteiger partial charge in [-0.25, -0.2) is 4.39 Å². The van der Waals surface area contributed by atoms with Crippen LogP contribution in [0.3, 0.4) is 0 Å². The van der Waals surface area contributed by atoms with Gasteiger partial charge in [0.15, 0.2) is 0 Å². The summed E-state index contributed by atoms with van der Waals surface area (Å²) in [7, 11) is 0. The van der Waals surface area contributed by atoms with E-state index in [1.165, 1.54) is 0 Å². The molecule has 8 heteroatoms. The highest BCUT2D eigenvalue weighted by molar-refractivity contribution is 14.1. The summed E-state index contributed by atoms with van der Waals surface area (Å²) in [5, 5.41) is 12.9. The number of nitrogens with zero attached hydrogens (tertiary/aromatic N) is 1. The predicted octanol–water partition coefficient (Wildman–Crippen LogP) is 3.73. The first-order valence-electron chi connectivity index (χ1n) is 5.59. The minimum atomic E-state index is -1.27. The molecular formula is C13H7F2IN2O3. The van der Waals surface area contributed by atoms with Gasteiger partial charge in [-0.3, -0.25) is 14.9 Å². The molecule has 0 aliphatic rings. The molecule has 0 heterocycles. The number of nitrogens with one attached hydrogen (secondary N) is 1. The quantitative estimate of drug-likeness (QED) is 0.482. The summed E-state index contributed by atoms with van der Waals surface area (Å²) >= 11 is 2.03. The number of nitro benzene ring substituents is 1. The topological polar surface area (TPSA) is 72.2 Å². The van der Waals surface area contributed by atoms with E-state index in [0.29, 0.717) is 17.8 Å². The SMILES string of the molecule is O=C(Nc1cccc(I)c1)c1cc(F)c([N+](=O)[O-])cc1F. The Kier molecular flexibility index (Phi) is 4.46. The molecule has 0 saturated carbocycles. The van der Waals surface area contributed by atoms with Crippen molar-refractivity contribution in [2.24, 2.45) is 0 Å². The molecular weight excluding hydrogens is 397 g/mol. The second-order valence-electron chi connectivity index (χ2n) is 4.01. The van der Waals surface area contributed by atoms with Crippen LogP contribution >= 0.6 is 22.6 Å². The molecule has 0 aliphatic carbocycles. The molecule has 108 valence electrons. The van der Waals surface area contributed by atoms with Crippen LogP contribution in [0, 0.1) is 25.3 Å². The fourth-order valence-electron chi connectivity index (χ4n) is 1.61. The minimum absolute atomic E-state index is 0.388. The molecule has 2 aromatic carbocycles. The molecule has 0 spiro atoms. The van der Waals surface area contributed by atoms with Crippen LogP contribution in [0.15, 0.2) is 36.4 Å². The second kappa shape index (κ2) is 6.12. The number of rotatable bonds is 3. The van der Waals surface area contributed by atoms with Crippen LogP contribution in [0.2, 0.25) is 0 Å². The van der Waals surface area contributed by atoms with E-state index in [0.717, 1.165) is 3.57 Å². The number of halogens is 3. The summed E-state index contributed by atoms with van der Waals surface area (Å²) in [6.07, 6.45) is 0. The van der Waals surface area contributed by atoms with Crippen LogP contribution in [0.25, 0.3) is 0 Å². The standard InChI is InChI=1S/C13H7F2IN2O3/c14-10-6-12(18(20)21)11(15)5-9(10)13(19)17-8-3-1-2-7(16)4-8/h1-6H,(H,17,19). The number of carbonyl (C=O) groups excluding carboxylic acids is 1. The van der Waals surface area contributed by atoms with Crippen LogP contribution in [0.5, 0.6) is 0 Å². The molecule has 0 saturated heterocycles. The number of hydrogen-bond donors (Lipinski definition) is 1. The van der Waals surface area contributed by atoms with E-state index in [-0.39, 0.29) is 0 Å². The fraction of sp³-hybridized carbons (Fsp3) is 0. The third kappa shape index (κ3) is 3.51. The summed E-state index contributed by atoms with van der Waals surface area (Å²) in [5.41, 5.74) is -1.21. The molecule has 1 N–H and O–H groups in total. The maximum Gasteiger partial charge on any atom is 0.307 e. The van der Waals surface area contributed by atoms with Gasteiger partial charge in [-0.1, -0.05) is 6.07 Å². The van der Waals surface area contributed by atoms with E-state index < -0.39 is 33.7 Å². The molecule has 0 aromatic heterocycles. The van der Waals surface area contributed by atoms with Crippen molar-refractivity contribution in [1.82, 2.24) is 0 Å². The Labute approximate surface area is 131 Å². The fourth-order valence-corrected chi connectivity index (χ4v) is 2.16. The van der Waals surface area contributed by atoms with Crippen molar-refractivity contribution in [3.63, 3.8) is 0 Å². The normalized spacial score (nSPS) is 10.2. The van der Waals surface area contributed by atoms with Gasteiger partial charge in [0.1, 0.15) is 5.82 Å². The first-order valence-corrected chi connectivity index (χ1v) is 6.66. The Morgan fingerprint density at radius 3 is 2.52 bits per heavy atom. The zero-order valence-corrected chi connectivity index (χ0v) is 12.4. The molecule has 0 radical (unpaired) electrons. The van der Waals surface area contributed by atoms with Crippen molar-refractivity contribution >= 4 is 39.9 Å². The van der Waals surface area contributed by atoms with E-state index in [1.807, 2.05) is 22.6 Å². The largest absolute Gasteiger partial charge is 0.322 e. The molecule has 5 nitrogen and oxygen atoms in total. The first kappa shape index (κ1) is 15.3. The molecule has 0 fully saturated rings. The Morgan fingerprint density at radius 1 is 1.19 bits per heavy atom. The second-order valence-corrected chi connectivity index (χ2v) is 5.25. The predicted molar refractivity (Wildman–Crippen MR) is 80.1 cm³/mol. The van der Waals surface area contributed by atoms with E-state index in [2.05, 4.69) is 5.32 Å². The Morgan fingerprint density at radius 2 is 1.90 bits per heavy atom. The maximum atomic E-state index is 13.7. The number of anilines is 1. The molecule has 0 bridgehead atoms. The molecule has 2 rings (SSSR count). The lowest BCUT2D eigenvalue weighted by atomic mass is 10.1. The summed E-state index contributed by atoms with van der Waals surface area (Å²) in [6.45, 7) is 0. The van der Waals surface area contributed by atoms with Gasteiger partial charge in [0.25, 0.3) is 5.91 Å². The van der Waals surface area contributed by atoms with Gasteiger partial charge in [0.2, 0.25) is 5.82 Å². The van der Waals surface area contributed by atoms with Crippen LogP contribution in [-0.4, -0.2) is 10.8 Å². The summed E-state index contributed by atoms with van der Waals surface area (Å²) < 4.78 is 28.0. The van der Waals surface area contributed by atoms with Gasteiger partial charge in [0.05, 0.1) is 16.6 Å². The lowest BCUT2D eigenvalue weighted by Crippen LogP contribution is -2.14. The van der Waals surface area contributed by atoms with E-state index >= 15 is 0 Å². The molecule has 2 aromatic rings. The average molecular weight is 404 g/mol. The molecule has 0 atom stereocenters. The van der Waals surface area contributed by atoms with Crippen LogP contribution < -0.4 is 5.32 Å². The number of benzene rings is 2. The minimum Gasteiger partial charge on any atom is -0.322 e. The molecule has 0 unspecified atom stereocenters. The molecule has 1 amide bonds. The monoisotopic (exact) mass is 404 g/mol. The number of amides is 1. The van der Waals surface area contributed by atoms with Crippen molar-refractivity contribution in [3.05, 3.63) is 67.3 Å². The lowest BCUT2D eigenvalue weighted by molar-refractivity contribution is -0.387. The van der Waals surface area contributed by atoms with E-state index in [9.17, 15) is 23.7 Å².